The summed E-state index contributed by atoms with van der Waals surface area (Å²) in [5, 5.41) is -0.742. The van der Waals surface area contributed by atoms with Gasteiger partial charge in [-0.05, 0) is 185 Å². The Kier molecular flexibility index (Phi) is 27.7. The lowest BCUT2D eigenvalue weighted by atomic mass is 9.82. The van der Waals surface area contributed by atoms with Gasteiger partial charge in [0.2, 0.25) is 12.2 Å². The summed E-state index contributed by atoms with van der Waals surface area (Å²) < 4.78 is 99.0. The molecule has 94 heavy (non-hydrogen) atoms. The molecule has 4 saturated heterocycles. The van der Waals surface area contributed by atoms with Crippen LogP contribution in [0.25, 0.3) is 0 Å². The molecule has 0 radical (unpaired) electrons. The minimum Gasteiger partial charge on any atom is -0.463 e. The molecule has 0 aromatic carbocycles. The third kappa shape index (κ3) is 19.7. The highest BCUT2D eigenvalue weighted by molar-refractivity contribution is 7.88. The summed E-state index contributed by atoms with van der Waals surface area (Å²) >= 11 is 0. The summed E-state index contributed by atoms with van der Waals surface area (Å²) in [4.78, 5) is 92.4. The zero-order valence-electron chi connectivity index (χ0n) is 59.1. The number of ether oxygens (including phenoxy) is 8. The van der Waals surface area contributed by atoms with E-state index in [0.717, 1.165) is 57.8 Å². The minimum atomic E-state index is -3.43. The monoisotopic (exact) mass is 1370 g/mol. The molecule has 10 rings (SSSR count). The van der Waals surface area contributed by atoms with Gasteiger partial charge in [0.05, 0.1) is 45.4 Å². The molecule has 536 valence electrons. The third-order valence-corrected chi connectivity index (χ3v) is 25.0. The second kappa shape index (κ2) is 32.6. The zero-order valence-corrected chi connectivity index (χ0v) is 60.7. The van der Waals surface area contributed by atoms with Crippen molar-refractivity contribution in [2.75, 3.05) is 13.2 Å². The van der Waals surface area contributed by atoms with Crippen molar-refractivity contribution in [1.29, 1.82) is 0 Å². The predicted molar refractivity (Wildman–Crippen MR) is 349 cm³/mol. The van der Waals surface area contributed by atoms with Gasteiger partial charge in [-0.25, -0.2) is 19.2 Å². The Morgan fingerprint density at radius 1 is 0.468 bits per heavy atom. The van der Waals surface area contributed by atoms with Crippen LogP contribution in [0.3, 0.4) is 0 Å². The van der Waals surface area contributed by atoms with E-state index >= 15 is 0 Å². The summed E-state index contributed by atoms with van der Waals surface area (Å²) in [5.74, 6) is -2.17. The molecule has 10 aliphatic rings. The maximum atomic E-state index is 12.1. The van der Waals surface area contributed by atoms with Crippen molar-refractivity contribution in [3.05, 3.63) is 24.3 Å². The number of esters is 8. The molecule has 0 aromatic rings. The van der Waals surface area contributed by atoms with Crippen molar-refractivity contribution >= 4 is 68.0 Å². The van der Waals surface area contributed by atoms with E-state index in [1.54, 1.807) is 41.5 Å². The lowest BCUT2D eigenvalue weighted by Gasteiger charge is -2.38. The van der Waals surface area contributed by atoms with Crippen LogP contribution in [0.5, 0.6) is 0 Å². The third-order valence-electron chi connectivity index (χ3n) is 21.5. The highest BCUT2D eigenvalue weighted by atomic mass is 32.2. The molecule has 22 nitrogen and oxygen atoms in total. The number of hydrogen-bond donors (Lipinski definition) is 0. The maximum absolute atomic E-state index is 12.1. The smallest absolute Gasteiger partial charge is 0.347 e. The number of rotatable bonds is 18. The van der Waals surface area contributed by atoms with Crippen LogP contribution in [0.2, 0.25) is 0 Å². The minimum absolute atomic E-state index is 0.00733. The van der Waals surface area contributed by atoms with Gasteiger partial charge >= 0.3 is 47.8 Å². The Bertz CT molecular complexity index is 2900. The van der Waals surface area contributed by atoms with Crippen molar-refractivity contribution in [1.82, 2.24) is 0 Å². The summed E-state index contributed by atoms with van der Waals surface area (Å²) in [7, 11) is -6.87. The summed E-state index contributed by atoms with van der Waals surface area (Å²) in [6.45, 7) is 38.0. The Morgan fingerprint density at radius 2 is 0.798 bits per heavy atom. The first-order chi connectivity index (χ1) is 43.7. The van der Waals surface area contributed by atoms with Gasteiger partial charge in [0.25, 0.3) is 20.2 Å². The Labute approximate surface area is 560 Å². The van der Waals surface area contributed by atoms with E-state index in [9.17, 15) is 55.2 Å². The van der Waals surface area contributed by atoms with Crippen LogP contribution >= 0.6 is 0 Å². The molecular weight excluding hydrogens is 1260 g/mol. The first-order valence-electron chi connectivity index (χ1n) is 34.4. The predicted octanol–water partition coefficient (Wildman–Crippen LogP) is 11.9. The average Bonchev–Trinajstić information content (AvgIpc) is 1.56. The molecule has 24 heteroatoms. The number of carbonyl (C=O) groups excluding carboxylic acids is 8. The molecule has 0 aromatic heterocycles. The molecule has 6 aliphatic carbocycles. The quantitative estimate of drug-likeness (QED) is 0.0533. The number of cyclic esters (lactones) is 2. The van der Waals surface area contributed by atoms with E-state index in [-0.39, 0.29) is 86.7 Å². The van der Waals surface area contributed by atoms with Gasteiger partial charge in [-0.1, -0.05) is 67.5 Å². The Hall–Kier alpha value is -4.94. The van der Waals surface area contributed by atoms with Gasteiger partial charge in [-0.3, -0.25) is 27.5 Å². The summed E-state index contributed by atoms with van der Waals surface area (Å²) in [6, 6.07) is 0. The molecule has 6 saturated carbocycles. The average molecular weight is 1370 g/mol. The fourth-order valence-electron chi connectivity index (χ4n) is 13.0. The number of carbonyl (C=O) groups is 8. The standard InChI is InChI=1S/C14H26O2.C13H20O5S.C12H20O2.C11H14O5S.2C10H16O4/c1-5-13(3,4)12(15)16-14(6-2)10-8-7-9-11-14;1-4-13(2,3)12(14)17-10-7-5-8-9(6-7)19(15,16)18-11(8)10;1-4-12(8-6-5-7-9-12)14-11(13)10(2)3;1-5(2)11(12)15-9-6-3-7-8(4-6)17(13,14)16-10(7)9;2*1-4-10(2,3)9(12)14-7-5-6-13-8(7)11/h5-11H2,1-4H3;7-11H,4-6H2,1-3H3;2,4-9H2,1,3H3;6-10H,1,3-4H2,2H3;2*7H,4-6H2,1-3H3. The van der Waals surface area contributed by atoms with Gasteiger partial charge in [-0.15, -0.1) is 0 Å². The van der Waals surface area contributed by atoms with Crippen molar-refractivity contribution in [2.24, 2.45) is 45.3 Å². The van der Waals surface area contributed by atoms with E-state index < -0.39 is 84.9 Å². The fourth-order valence-corrected chi connectivity index (χ4v) is 16.7. The van der Waals surface area contributed by atoms with Gasteiger partial charge in [0.15, 0.2) is 0 Å². The van der Waals surface area contributed by atoms with Crippen LogP contribution in [0.15, 0.2) is 24.3 Å². The Morgan fingerprint density at radius 3 is 1.12 bits per heavy atom. The van der Waals surface area contributed by atoms with E-state index in [4.69, 9.17) is 46.3 Å². The topological polar surface area (TPSA) is 297 Å². The maximum Gasteiger partial charge on any atom is 0.347 e. The van der Waals surface area contributed by atoms with Crippen LogP contribution in [0.4, 0.5) is 0 Å². The highest BCUT2D eigenvalue weighted by Gasteiger charge is 2.67. The largest absolute Gasteiger partial charge is 0.463 e. The van der Waals surface area contributed by atoms with Crippen molar-refractivity contribution < 1.29 is 101 Å². The molecular formula is C70H112O22S2. The summed E-state index contributed by atoms with van der Waals surface area (Å²) in [5.41, 5.74) is -1.42. The van der Waals surface area contributed by atoms with Crippen LogP contribution in [-0.2, 0) is 105 Å². The van der Waals surface area contributed by atoms with E-state index in [0.29, 0.717) is 69.3 Å². The zero-order chi connectivity index (χ0) is 70.7. The van der Waals surface area contributed by atoms with E-state index in [1.165, 1.54) is 38.5 Å². The van der Waals surface area contributed by atoms with E-state index in [1.807, 2.05) is 55.4 Å². The van der Waals surface area contributed by atoms with Crippen LogP contribution in [-0.4, -0.2) is 136 Å². The first-order valence-corrected chi connectivity index (χ1v) is 37.4. The van der Waals surface area contributed by atoms with Gasteiger partial charge in [0.1, 0.15) is 35.6 Å². The second-order valence-corrected chi connectivity index (χ2v) is 33.5. The van der Waals surface area contributed by atoms with Crippen LogP contribution in [0.1, 0.15) is 252 Å². The lowest BCUT2D eigenvalue weighted by molar-refractivity contribution is -0.175. The normalized spacial score (nSPS) is 29.7. The van der Waals surface area contributed by atoms with Crippen molar-refractivity contribution in [3.8, 4) is 0 Å². The highest BCUT2D eigenvalue weighted by Crippen LogP contribution is 2.57. The van der Waals surface area contributed by atoms with E-state index in [2.05, 4.69) is 27.0 Å². The molecule has 0 N–H and O–H groups in total. The molecule has 4 bridgehead atoms. The second-order valence-electron chi connectivity index (χ2n) is 29.9. The van der Waals surface area contributed by atoms with Crippen molar-refractivity contribution in [2.45, 2.75) is 310 Å². The first kappa shape index (κ1) is 79.7. The van der Waals surface area contributed by atoms with Gasteiger partial charge in [0, 0.05) is 47.7 Å². The number of hydrogen-bond acceptors (Lipinski definition) is 22. The SMILES string of the molecule is C=C(C)C(=O)OC1(CC)CCCCC1.C=C(C)C(=O)OC1C2CC3C1OS(=O)(=O)C3C2.CCC(C)(C)C(=O)OC1C2CC3C1OS(=O)(=O)C3C2.CCC(C)(C)C(=O)OC1CCOC1=O.CCC(C)(C)C(=O)OC1CCOC1=O.CCC1(OC(=O)C(C)(C)CC)CCCCC1. The number of fused-ring (bicyclic) bond motifs is 2. The van der Waals surface area contributed by atoms with Crippen LogP contribution in [0, 0.1) is 45.3 Å². The Balaban J connectivity index is 0.000000205. The summed E-state index contributed by atoms with van der Waals surface area (Å²) in [6.07, 6.45) is 16.8. The molecule has 4 heterocycles. The lowest BCUT2D eigenvalue weighted by Crippen LogP contribution is -2.40. The van der Waals surface area contributed by atoms with Gasteiger partial charge in [-0.2, -0.15) is 16.8 Å². The molecule has 10 fully saturated rings. The molecule has 12 unspecified atom stereocenters. The van der Waals surface area contributed by atoms with Crippen molar-refractivity contribution in [3.63, 3.8) is 0 Å². The molecule has 0 spiro atoms. The molecule has 12 atom stereocenters. The molecule has 4 aliphatic heterocycles. The van der Waals surface area contributed by atoms with Crippen LogP contribution < -0.4 is 0 Å². The molecule has 0 amide bonds. The van der Waals surface area contributed by atoms with Gasteiger partial charge < -0.3 is 37.9 Å². The fraction of sp³-hybridized carbons (Fsp3) is 0.829.